The number of carbonyl (C=O) groups is 1. The van der Waals surface area contributed by atoms with Crippen LogP contribution in [0.3, 0.4) is 0 Å². The first kappa shape index (κ1) is 24.0. The van der Waals surface area contributed by atoms with Gasteiger partial charge in [0.2, 0.25) is 0 Å². The molecule has 3 rings (SSSR count). The minimum Gasteiger partial charge on any atom is -0.481 e. The van der Waals surface area contributed by atoms with Gasteiger partial charge in [-0.05, 0) is 48.9 Å². The normalized spacial score (nSPS) is 13.2. The molecule has 0 radical (unpaired) electrons. The molecule has 0 bridgehead atoms. The molecule has 172 valence electrons. The number of para-hydroxylation sites is 1. The average Bonchev–Trinajstić information content (AvgIpc) is 2.78. The van der Waals surface area contributed by atoms with E-state index in [1.807, 2.05) is 0 Å². The highest BCUT2D eigenvalue weighted by Crippen LogP contribution is 2.40. The van der Waals surface area contributed by atoms with Crippen molar-refractivity contribution in [3.8, 4) is 5.75 Å². The van der Waals surface area contributed by atoms with Gasteiger partial charge >= 0.3 is 6.18 Å². The highest BCUT2D eigenvalue weighted by atomic mass is 19.4. The van der Waals surface area contributed by atoms with Gasteiger partial charge in [0, 0.05) is 12.6 Å². The fourth-order valence-electron chi connectivity index (χ4n) is 3.21. The van der Waals surface area contributed by atoms with E-state index in [-0.39, 0.29) is 22.6 Å². The first-order valence-corrected chi connectivity index (χ1v) is 9.91. The summed E-state index contributed by atoms with van der Waals surface area (Å²) >= 11 is 0. The van der Waals surface area contributed by atoms with Gasteiger partial charge in [-0.2, -0.15) is 13.2 Å². The van der Waals surface area contributed by atoms with Crippen LogP contribution < -0.4 is 9.64 Å². The predicted octanol–water partition coefficient (Wildman–Crippen LogP) is 6.66. The molecule has 0 aliphatic heterocycles. The summed E-state index contributed by atoms with van der Waals surface area (Å²) in [5.41, 5.74) is -1.90. The highest BCUT2D eigenvalue weighted by molar-refractivity contribution is 5.96. The van der Waals surface area contributed by atoms with Gasteiger partial charge < -0.3 is 9.64 Å². The van der Waals surface area contributed by atoms with Crippen LogP contribution in [0.25, 0.3) is 11.4 Å². The number of amides is 1. The molecule has 1 amide bonds. The second kappa shape index (κ2) is 9.85. The number of alkyl halides is 3. The minimum atomic E-state index is -4.90. The number of allylic oxidation sites excluding steroid dienone is 1. The number of hydrogen-bond acceptors (Lipinski definition) is 2. The lowest BCUT2D eigenvalue weighted by Crippen LogP contribution is -2.38. The molecular weight excluding hydrogens is 441 g/mol. The fraction of sp³-hybridized carbons (Fsp3) is 0.160. The summed E-state index contributed by atoms with van der Waals surface area (Å²) in [6, 6.07) is 17.2. The first-order chi connectivity index (χ1) is 15.6. The Labute approximate surface area is 187 Å². The molecule has 3 aromatic rings. The summed E-state index contributed by atoms with van der Waals surface area (Å²) in [5.74, 6) is -2.41. The van der Waals surface area contributed by atoms with Gasteiger partial charge in [0.05, 0.1) is 11.3 Å². The number of halogens is 5. The van der Waals surface area contributed by atoms with Gasteiger partial charge in [-0.15, -0.1) is 0 Å². The molecule has 0 N–H and O–H groups in total. The first-order valence-electron chi connectivity index (χ1n) is 9.91. The largest absolute Gasteiger partial charge is 0.481 e. The molecule has 3 aromatic carbocycles. The van der Waals surface area contributed by atoms with Crippen molar-refractivity contribution in [2.75, 3.05) is 11.9 Å². The summed E-state index contributed by atoms with van der Waals surface area (Å²) in [6.45, 7) is 1.45. The number of nitrogens with zero attached hydrogens (tertiary/aromatic N) is 1. The Morgan fingerprint density at radius 1 is 0.879 bits per heavy atom. The lowest BCUT2D eigenvalue weighted by atomic mass is 10.0. The molecule has 0 aromatic heterocycles. The van der Waals surface area contributed by atoms with E-state index in [0.29, 0.717) is 0 Å². The minimum absolute atomic E-state index is 0.0705. The van der Waals surface area contributed by atoms with Crippen molar-refractivity contribution in [2.24, 2.45) is 0 Å². The van der Waals surface area contributed by atoms with Crippen LogP contribution in [0.4, 0.5) is 27.6 Å². The van der Waals surface area contributed by atoms with E-state index in [0.717, 1.165) is 17.0 Å². The maximum atomic E-state index is 14.9. The smallest absolute Gasteiger partial charge is 0.419 e. The third-order valence-electron chi connectivity index (χ3n) is 4.88. The Morgan fingerprint density at radius 2 is 1.45 bits per heavy atom. The number of rotatable bonds is 6. The molecule has 0 saturated carbocycles. The van der Waals surface area contributed by atoms with E-state index >= 15 is 0 Å². The lowest BCUT2D eigenvalue weighted by Gasteiger charge is -2.22. The summed E-state index contributed by atoms with van der Waals surface area (Å²) in [6.07, 6.45) is -5.94. The quantitative estimate of drug-likeness (QED) is 0.304. The molecule has 0 heterocycles. The van der Waals surface area contributed by atoms with Crippen LogP contribution in [-0.4, -0.2) is 25.2 Å². The van der Waals surface area contributed by atoms with E-state index in [4.69, 9.17) is 4.74 Å². The van der Waals surface area contributed by atoms with Crippen LogP contribution in [0.15, 0.2) is 78.9 Å². The number of benzene rings is 3. The van der Waals surface area contributed by atoms with Crippen LogP contribution in [0.1, 0.15) is 18.1 Å². The molecule has 0 spiro atoms. The number of ether oxygens (including phenoxy) is 1. The zero-order valence-corrected chi connectivity index (χ0v) is 17.7. The topological polar surface area (TPSA) is 29.5 Å². The van der Waals surface area contributed by atoms with Crippen LogP contribution in [0.2, 0.25) is 0 Å². The van der Waals surface area contributed by atoms with Crippen LogP contribution in [0, 0.1) is 5.82 Å². The summed E-state index contributed by atoms with van der Waals surface area (Å²) < 4.78 is 74.9. The number of carbonyl (C=O) groups excluding carboxylic acids is 1. The zero-order chi connectivity index (χ0) is 24.2. The Hall–Kier alpha value is -3.68. The molecule has 3 nitrogen and oxygen atoms in total. The number of likely N-dealkylation sites (N-methyl/N-ethyl adjacent to an activating group) is 1. The summed E-state index contributed by atoms with van der Waals surface area (Å²) in [4.78, 5) is 13.7. The second-order valence-electron chi connectivity index (χ2n) is 7.19. The van der Waals surface area contributed by atoms with Crippen LogP contribution >= 0.6 is 0 Å². The zero-order valence-electron chi connectivity index (χ0n) is 17.7. The number of hydrogen-bond donors (Lipinski definition) is 0. The van der Waals surface area contributed by atoms with Gasteiger partial charge in [-0.1, -0.05) is 42.5 Å². The fourth-order valence-corrected chi connectivity index (χ4v) is 3.21. The van der Waals surface area contributed by atoms with E-state index in [1.54, 1.807) is 6.07 Å². The Balaban J connectivity index is 1.80. The SMILES string of the molecule is C[C@@H](Oc1ccc(C(F)=C(c2ccccc2)C(F)(F)F)cc1)C(=O)N(C)c1ccccc1F. The second-order valence-corrected chi connectivity index (χ2v) is 7.19. The van der Waals surface area contributed by atoms with Gasteiger partial charge in [0.25, 0.3) is 5.91 Å². The van der Waals surface area contributed by atoms with Crippen molar-refractivity contribution in [1.29, 1.82) is 0 Å². The van der Waals surface area contributed by atoms with Crippen molar-refractivity contribution < 1.29 is 31.5 Å². The molecule has 0 aliphatic carbocycles. The lowest BCUT2D eigenvalue weighted by molar-refractivity contribution is -0.124. The van der Waals surface area contributed by atoms with Crippen molar-refractivity contribution in [3.63, 3.8) is 0 Å². The molecular formula is C25H20F5NO2. The van der Waals surface area contributed by atoms with Gasteiger partial charge in [-0.3, -0.25) is 4.79 Å². The third kappa shape index (κ3) is 5.58. The summed E-state index contributed by atoms with van der Waals surface area (Å²) in [7, 11) is 1.39. The monoisotopic (exact) mass is 461 g/mol. The third-order valence-corrected chi connectivity index (χ3v) is 4.88. The Morgan fingerprint density at radius 3 is 2.03 bits per heavy atom. The van der Waals surface area contributed by atoms with Crippen molar-refractivity contribution in [2.45, 2.75) is 19.2 Å². The number of anilines is 1. The van der Waals surface area contributed by atoms with Gasteiger partial charge in [-0.25, -0.2) is 8.78 Å². The van der Waals surface area contributed by atoms with E-state index in [2.05, 4.69) is 0 Å². The molecule has 0 fully saturated rings. The Bertz CT molecular complexity index is 1140. The summed E-state index contributed by atoms with van der Waals surface area (Å²) in [5, 5.41) is 0. The molecule has 0 saturated heterocycles. The maximum absolute atomic E-state index is 14.9. The molecule has 33 heavy (non-hydrogen) atoms. The standard InChI is InChI=1S/C25H20F5NO2/c1-16(24(32)31(2)21-11-7-6-10-20(21)26)33-19-14-12-18(13-15-19)23(27)22(25(28,29)30)17-8-4-3-5-9-17/h3-16H,1-2H3/t16-/m1/s1. The van der Waals surface area contributed by atoms with Crippen LogP contribution in [-0.2, 0) is 4.79 Å². The highest BCUT2D eigenvalue weighted by Gasteiger charge is 2.38. The van der Waals surface area contributed by atoms with Crippen LogP contribution in [0.5, 0.6) is 5.75 Å². The molecule has 0 unspecified atom stereocenters. The maximum Gasteiger partial charge on any atom is 0.419 e. The van der Waals surface area contributed by atoms with E-state index < -0.39 is 35.4 Å². The molecule has 8 heteroatoms. The Kier molecular flexibility index (Phi) is 7.16. The van der Waals surface area contributed by atoms with Crippen molar-refractivity contribution >= 4 is 23.0 Å². The van der Waals surface area contributed by atoms with E-state index in [1.165, 1.54) is 74.6 Å². The molecule has 1 atom stereocenters. The van der Waals surface area contributed by atoms with E-state index in [9.17, 15) is 26.7 Å². The van der Waals surface area contributed by atoms with Gasteiger partial charge in [0.15, 0.2) is 6.10 Å². The predicted molar refractivity (Wildman–Crippen MR) is 117 cm³/mol. The average molecular weight is 461 g/mol. The molecule has 0 aliphatic rings. The van der Waals surface area contributed by atoms with Crippen molar-refractivity contribution in [1.82, 2.24) is 0 Å². The van der Waals surface area contributed by atoms with Crippen molar-refractivity contribution in [3.05, 3.63) is 95.8 Å². The van der Waals surface area contributed by atoms with Gasteiger partial charge in [0.1, 0.15) is 17.4 Å².